The van der Waals surface area contributed by atoms with Crippen LogP contribution in [0.1, 0.15) is 46.5 Å². The van der Waals surface area contributed by atoms with Gasteiger partial charge >= 0.3 is 5.97 Å². The molecule has 3 saturated heterocycles. The summed E-state index contributed by atoms with van der Waals surface area (Å²) in [5.41, 5.74) is -1.01. The van der Waals surface area contributed by atoms with Crippen LogP contribution in [-0.2, 0) is 23.9 Å². The average molecular weight is 382 g/mol. The molecule has 2 bridgehead atoms. The smallest absolute Gasteiger partial charge is 0.312 e. The number of esters is 1. The van der Waals surface area contributed by atoms with Crippen molar-refractivity contribution < 1.29 is 29.0 Å². The maximum atomic E-state index is 13.3. The highest BCUT2D eigenvalue weighted by molar-refractivity contribution is 5.98. The third-order valence-electron chi connectivity index (χ3n) is 6.11. The number of ether oxygens (including phenoxy) is 2. The average Bonchev–Trinajstić information content (AvgIpc) is 3.28. The quantitative estimate of drug-likeness (QED) is 0.460. The Balaban J connectivity index is 1.95. The summed E-state index contributed by atoms with van der Waals surface area (Å²) in [6, 6.07) is -1.37. The summed E-state index contributed by atoms with van der Waals surface area (Å²) in [6.45, 7) is 5.95. The number of carbonyl (C=O) groups excluding carboxylic acids is 3. The minimum Gasteiger partial charge on any atom is -0.466 e. The van der Waals surface area contributed by atoms with E-state index in [4.69, 9.17) is 9.47 Å². The number of nitrogens with one attached hydrogen (secondary N) is 1. The summed E-state index contributed by atoms with van der Waals surface area (Å²) in [5.74, 6) is -2.43. The molecule has 3 heterocycles. The van der Waals surface area contributed by atoms with Crippen LogP contribution in [0.25, 0.3) is 0 Å². The van der Waals surface area contributed by atoms with Crippen LogP contribution in [0.2, 0.25) is 0 Å². The highest BCUT2D eigenvalue weighted by atomic mass is 16.6. The van der Waals surface area contributed by atoms with Crippen molar-refractivity contribution in [3.8, 4) is 0 Å². The lowest BCUT2D eigenvalue weighted by molar-refractivity contribution is -0.155. The molecule has 6 atom stereocenters. The van der Waals surface area contributed by atoms with Crippen LogP contribution >= 0.6 is 0 Å². The van der Waals surface area contributed by atoms with E-state index in [1.54, 1.807) is 13.8 Å². The Hall–Kier alpha value is -1.67. The monoisotopic (exact) mass is 382 g/mol. The highest BCUT2D eigenvalue weighted by Crippen LogP contribution is 2.58. The molecule has 0 aromatic carbocycles. The van der Waals surface area contributed by atoms with Crippen LogP contribution < -0.4 is 5.32 Å². The molecule has 8 heteroatoms. The number of rotatable bonds is 8. The van der Waals surface area contributed by atoms with E-state index in [2.05, 4.69) is 5.32 Å². The van der Waals surface area contributed by atoms with Crippen LogP contribution in [0.4, 0.5) is 0 Å². The fraction of sp³-hybridized carbons (Fsp3) is 0.842. The minimum absolute atomic E-state index is 0.230. The van der Waals surface area contributed by atoms with Gasteiger partial charge in [0.1, 0.15) is 11.6 Å². The molecule has 0 saturated carbocycles. The Bertz CT molecular complexity index is 611. The van der Waals surface area contributed by atoms with Gasteiger partial charge in [-0.05, 0) is 33.1 Å². The predicted octanol–water partition coefficient (Wildman–Crippen LogP) is 0.221. The molecular formula is C19H30N2O6. The number of nitrogens with zero attached hydrogens (tertiary/aromatic N) is 1. The molecular weight excluding hydrogens is 352 g/mol. The molecule has 0 aromatic rings. The maximum absolute atomic E-state index is 13.3. The van der Waals surface area contributed by atoms with Crippen molar-refractivity contribution in [3.05, 3.63) is 0 Å². The first-order chi connectivity index (χ1) is 12.9. The molecule has 0 unspecified atom stereocenters. The molecule has 1 spiro atoms. The summed E-state index contributed by atoms with van der Waals surface area (Å²) >= 11 is 0. The second-order valence-corrected chi connectivity index (χ2v) is 7.73. The zero-order chi connectivity index (χ0) is 19.8. The van der Waals surface area contributed by atoms with Crippen molar-refractivity contribution in [2.75, 3.05) is 19.8 Å². The molecule has 8 nitrogen and oxygen atoms in total. The number of aliphatic hydroxyl groups excluding tert-OH is 1. The first kappa shape index (κ1) is 20.1. The summed E-state index contributed by atoms with van der Waals surface area (Å²) in [5, 5.41) is 12.6. The second-order valence-electron chi connectivity index (χ2n) is 7.73. The summed E-state index contributed by atoms with van der Waals surface area (Å²) < 4.78 is 11.4. The Morgan fingerprint density at radius 3 is 2.81 bits per heavy atom. The fourth-order valence-electron chi connectivity index (χ4n) is 4.94. The van der Waals surface area contributed by atoms with E-state index < -0.39 is 41.6 Å². The lowest BCUT2D eigenvalue weighted by Gasteiger charge is -2.35. The number of aliphatic hydroxyl groups is 1. The van der Waals surface area contributed by atoms with Gasteiger partial charge in [-0.1, -0.05) is 13.3 Å². The molecule has 2 N–H and O–H groups in total. The number of fused-ring (bicyclic) bond motifs is 1. The number of unbranched alkanes of at least 4 members (excludes halogenated alkanes) is 1. The Kier molecular flexibility index (Phi) is 5.76. The zero-order valence-electron chi connectivity index (χ0n) is 16.3. The van der Waals surface area contributed by atoms with Crippen LogP contribution in [0.3, 0.4) is 0 Å². The van der Waals surface area contributed by atoms with Gasteiger partial charge in [0.2, 0.25) is 11.8 Å². The summed E-state index contributed by atoms with van der Waals surface area (Å²) in [6.07, 6.45) is 2.55. The number of carbonyl (C=O) groups is 3. The first-order valence-electron chi connectivity index (χ1n) is 9.98. The number of likely N-dealkylation sites (tertiary alicyclic amines) is 1. The first-order valence-corrected chi connectivity index (χ1v) is 9.98. The second kappa shape index (κ2) is 7.75. The van der Waals surface area contributed by atoms with E-state index in [1.165, 1.54) is 4.90 Å². The summed E-state index contributed by atoms with van der Waals surface area (Å²) in [7, 11) is 0. The third kappa shape index (κ3) is 3.02. The van der Waals surface area contributed by atoms with Crippen molar-refractivity contribution in [2.24, 2.45) is 11.8 Å². The molecule has 0 aliphatic carbocycles. The van der Waals surface area contributed by atoms with Gasteiger partial charge in [-0.2, -0.15) is 0 Å². The minimum atomic E-state index is -1.01. The molecule has 152 valence electrons. The highest BCUT2D eigenvalue weighted by Gasteiger charge is 2.75. The molecule has 3 aliphatic rings. The van der Waals surface area contributed by atoms with E-state index in [9.17, 15) is 19.5 Å². The van der Waals surface area contributed by atoms with Gasteiger partial charge in [0.05, 0.1) is 37.2 Å². The lowest BCUT2D eigenvalue weighted by atomic mass is 9.71. The van der Waals surface area contributed by atoms with E-state index >= 15 is 0 Å². The molecule has 27 heavy (non-hydrogen) atoms. The van der Waals surface area contributed by atoms with Crippen LogP contribution in [-0.4, -0.2) is 71.3 Å². The number of hydrogen-bond acceptors (Lipinski definition) is 6. The van der Waals surface area contributed by atoms with Crippen molar-refractivity contribution in [2.45, 2.75) is 70.2 Å². The third-order valence-corrected chi connectivity index (χ3v) is 6.11. The van der Waals surface area contributed by atoms with Gasteiger partial charge in [0.25, 0.3) is 0 Å². The van der Waals surface area contributed by atoms with Gasteiger partial charge in [-0.3, -0.25) is 14.4 Å². The number of hydrogen-bond donors (Lipinski definition) is 2. The van der Waals surface area contributed by atoms with E-state index in [-0.39, 0.29) is 25.0 Å². The van der Waals surface area contributed by atoms with Gasteiger partial charge in [-0.15, -0.1) is 0 Å². The van der Waals surface area contributed by atoms with E-state index in [0.717, 1.165) is 12.8 Å². The predicted molar refractivity (Wildman–Crippen MR) is 95.6 cm³/mol. The Labute approximate surface area is 159 Å². The standard InChI is InChI=1S/C19H30N2O6/c1-4-6-9-20-16(23)15-19-8-7-12(27-19)13(18(25)26-5-2)14(19)17(24)21(15)11(3)10-22/h11-15,22H,4-10H2,1-3H3,(H,20,23)/t11-,12-,13+,14+,15-,19+/m1/s1. The van der Waals surface area contributed by atoms with Crippen LogP contribution in [0, 0.1) is 11.8 Å². The maximum Gasteiger partial charge on any atom is 0.312 e. The van der Waals surface area contributed by atoms with Gasteiger partial charge in [0, 0.05) is 6.54 Å². The molecule has 0 aromatic heterocycles. The van der Waals surface area contributed by atoms with Gasteiger partial charge in [-0.25, -0.2) is 0 Å². The SMILES string of the molecule is CCCCNC(=O)[C@H]1N([C@H](C)CO)C(=O)[C@@H]2[C@@H](C(=O)OCC)[C@H]3CC[C@]21O3. The van der Waals surface area contributed by atoms with Crippen LogP contribution in [0.15, 0.2) is 0 Å². The zero-order valence-corrected chi connectivity index (χ0v) is 16.3. The fourth-order valence-corrected chi connectivity index (χ4v) is 4.94. The molecule has 2 amide bonds. The normalized spacial score (nSPS) is 35.3. The van der Waals surface area contributed by atoms with Gasteiger partial charge < -0.3 is 24.8 Å². The van der Waals surface area contributed by atoms with Crippen molar-refractivity contribution in [3.63, 3.8) is 0 Å². The van der Waals surface area contributed by atoms with Crippen molar-refractivity contribution in [1.82, 2.24) is 10.2 Å². The van der Waals surface area contributed by atoms with Crippen LogP contribution in [0.5, 0.6) is 0 Å². The molecule has 0 radical (unpaired) electrons. The topological polar surface area (TPSA) is 105 Å². The largest absolute Gasteiger partial charge is 0.466 e. The molecule has 3 rings (SSSR count). The molecule has 3 fully saturated rings. The number of amides is 2. The van der Waals surface area contributed by atoms with Crippen molar-refractivity contribution in [1.29, 1.82) is 0 Å². The molecule has 3 aliphatic heterocycles. The van der Waals surface area contributed by atoms with Gasteiger partial charge in [0.15, 0.2) is 0 Å². The lowest BCUT2D eigenvalue weighted by Crippen LogP contribution is -2.57. The van der Waals surface area contributed by atoms with E-state index in [1.807, 2.05) is 6.92 Å². The van der Waals surface area contributed by atoms with Crippen molar-refractivity contribution >= 4 is 17.8 Å². The summed E-state index contributed by atoms with van der Waals surface area (Å²) in [4.78, 5) is 40.3. The Morgan fingerprint density at radius 2 is 2.19 bits per heavy atom. The Morgan fingerprint density at radius 1 is 1.44 bits per heavy atom. The van der Waals surface area contributed by atoms with E-state index in [0.29, 0.717) is 19.4 Å².